The van der Waals surface area contributed by atoms with Gasteiger partial charge in [0.25, 0.3) is 0 Å². The van der Waals surface area contributed by atoms with Gasteiger partial charge in [-0.15, -0.1) is 0 Å². The Hall–Kier alpha value is -2.46. The molecule has 5 heteroatoms. The van der Waals surface area contributed by atoms with Crippen molar-refractivity contribution in [2.45, 2.75) is 13.5 Å². The Kier molecular flexibility index (Phi) is 6.27. The summed E-state index contributed by atoms with van der Waals surface area (Å²) >= 11 is 6.31. The van der Waals surface area contributed by atoms with Crippen LogP contribution in [0.25, 0.3) is 6.08 Å². The molecule has 0 bridgehead atoms. The number of carbonyl (C=O) groups is 1. The van der Waals surface area contributed by atoms with Crippen LogP contribution in [0.3, 0.4) is 0 Å². The summed E-state index contributed by atoms with van der Waals surface area (Å²) in [6.07, 6.45) is 2.92. The topological polar surface area (TPSA) is 44.8 Å². The molecule has 0 unspecified atom stereocenters. The molecular formula is C19H19ClO4. The summed E-state index contributed by atoms with van der Waals surface area (Å²) in [5, 5.41) is 0.410. The predicted molar refractivity (Wildman–Crippen MR) is 94.6 cm³/mol. The molecule has 0 saturated heterocycles. The van der Waals surface area contributed by atoms with Gasteiger partial charge in [0.2, 0.25) is 0 Å². The number of ether oxygens (including phenoxy) is 3. The maximum absolute atomic E-state index is 11.2. The molecule has 0 spiro atoms. The van der Waals surface area contributed by atoms with Crippen LogP contribution in [0.4, 0.5) is 0 Å². The van der Waals surface area contributed by atoms with Gasteiger partial charge in [0.05, 0.1) is 19.2 Å². The number of rotatable bonds is 6. The fraction of sp³-hybridized carbons (Fsp3) is 0.211. The Bertz CT molecular complexity index is 753. The molecule has 2 rings (SSSR count). The number of aryl methyl sites for hydroxylation is 1. The monoisotopic (exact) mass is 346 g/mol. The average Bonchev–Trinajstić information content (AvgIpc) is 2.59. The van der Waals surface area contributed by atoms with Crippen LogP contribution in [0.2, 0.25) is 5.02 Å². The van der Waals surface area contributed by atoms with Gasteiger partial charge < -0.3 is 14.2 Å². The lowest BCUT2D eigenvalue weighted by Crippen LogP contribution is -2.00. The summed E-state index contributed by atoms with van der Waals surface area (Å²) in [6, 6.07) is 11.4. The average molecular weight is 347 g/mol. The van der Waals surface area contributed by atoms with Crippen LogP contribution in [0.15, 0.2) is 42.5 Å². The smallest absolute Gasteiger partial charge is 0.330 e. The third-order valence-electron chi connectivity index (χ3n) is 3.50. The Labute approximate surface area is 146 Å². The number of esters is 1. The molecular weight excluding hydrogens is 328 g/mol. The number of methoxy groups -OCH3 is 2. The summed E-state index contributed by atoms with van der Waals surface area (Å²) < 4.78 is 15.8. The molecule has 2 aromatic carbocycles. The van der Waals surface area contributed by atoms with Crippen molar-refractivity contribution in [1.29, 1.82) is 0 Å². The zero-order valence-electron chi connectivity index (χ0n) is 13.8. The molecule has 0 N–H and O–H groups in total. The number of carbonyl (C=O) groups excluding carboxylic acids is 1. The maximum Gasteiger partial charge on any atom is 0.330 e. The van der Waals surface area contributed by atoms with Crippen molar-refractivity contribution in [2.75, 3.05) is 14.2 Å². The van der Waals surface area contributed by atoms with Gasteiger partial charge in [-0.1, -0.05) is 35.9 Å². The number of hydrogen-bond donors (Lipinski definition) is 0. The number of benzene rings is 2. The first-order valence-electron chi connectivity index (χ1n) is 7.36. The molecule has 0 amide bonds. The predicted octanol–water partition coefficient (Wildman–Crippen LogP) is 4.42. The van der Waals surface area contributed by atoms with Crippen LogP contribution in [0.5, 0.6) is 11.5 Å². The summed E-state index contributed by atoms with van der Waals surface area (Å²) in [5.41, 5.74) is 2.93. The lowest BCUT2D eigenvalue weighted by atomic mass is 10.1. The molecule has 0 heterocycles. The van der Waals surface area contributed by atoms with E-state index in [4.69, 9.17) is 21.1 Å². The minimum Gasteiger partial charge on any atom is -0.493 e. The maximum atomic E-state index is 11.2. The fourth-order valence-corrected chi connectivity index (χ4v) is 2.40. The number of halogens is 1. The molecule has 0 aliphatic heterocycles. The first kappa shape index (κ1) is 17.9. The van der Waals surface area contributed by atoms with Gasteiger partial charge in [0.1, 0.15) is 6.61 Å². The van der Waals surface area contributed by atoms with Gasteiger partial charge in [-0.3, -0.25) is 0 Å². The van der Waals surface area contributed by atoms with E-state index in [0.717, 1.165) is 11.1 Å². The van der Waals surface area contributed by atoms with Gasteiger partial charge in [0, 0.05) is 6.08 Å². The van der Waals surface area contributed by atoms with Crippen molar-refractivity contribution >= 4 is 23.6 Å². The van der Waals surface area contributed by atoms with E-state index in [9.17, 15) is 4.79 Å². The molecule has 2 aromatic rings. The highest BCUT2D eigenvalue weighted by Gasteiger charge is 2.12. The highest BCUT2D eigenvalue weighted by atomic mass is 35.5. The van der Waals surface area contributed by atoms with E-state index in [0.29, 0.717) is 28.7 Å². The van der Waals surface area contributed by atoms with Crippen molar-refractivity contribution < 1.29 is 19.0 Å². The molecule has 24 heavy (non-hydrogen) atoms. The van der Waals surface area contributed by atoms with Crippen molar-refractivity contribution in [3.05, 3.63) is 64.2 Å². The fourth-order valence-electron chi connectivity index (χ4n) is 2.13. The zero-order valence-corrected chi connectivity index (χ0v) is 14.6. The van der Waals surface area contributed by atoms with Gasteiger partial charge in [-0.2, -0.15) is 0 Å². The van der Waals surface area contributed by atoms with Gasteiger partial charge in [0.15, 0.2) is 11.5 Å². The highest BCUT2D eigenvalue weighted by Crippen LogP contribution is 2.37. The second-order valence-electron chi connectivity index (χ2n) is 5.11. The molecule has 0 saturated carbocycles. The third kappa shape index (κ3) is 4.52. The quantitative estimate of drug-likeness (QED) is 0.573. The molecule has 0 aromatic heterocycles. The summed E-state index contributed by atoms with van der Waals surface area (Å²) in [6.45, 7) is 2.42. The van der Waals surface area contributed by atoms with E-state index >= 15 is 0 Å². The minimum atomic E-state index is -0.440. The Morgan fingerprint density at radius 3 is 2.62 bits per heavy atom. The van der Waals surface area contributed by atoms with Gasteiger partial charge >= 0.3 is 5.97 Å². The highest BCUT2D eigenvalue weighted by molar-refractivity contribution is 6.32. The van der Waals surface area contributed by atoms with Crippen LogP contribution >= 0.6 is 11.6 Å². The second-order valence-corrected chi connectivity index (χ2v) is 5.51. The minimum absolute atomic E-state index is 0.389. The summed E-state index contributed by atoms with van der Waals surface area (Å²) in [5.74, 6) is 0.531. The Balaban J connectivity index is 2.22. The van der Waals surface area contributed by atoms with E-state index in [-0.39, 0.29) is 0 Å². The lowest BCUT2D eigenvalue weighted by Gasteiger charge is -2.14. The van der Waals surface area contributed by atoms with Gasteiger partial charge in [-0.25, -0.2) is 4.79 Å². The van der Waals surface area contributed by atoms with E-state index < -0.39 is 5.97 Å². The van der Waals surface area contributed by atoms with Crippen molar-refractivity contribution in [1.82, 2.24) is 0 Å². The van der Waals surface area contributed by atoms with Crippen LogP contribution < -0.4 is 9.47 Å². The normalized spacial score (nSPS) is 10.7. The van der Waals surface area contributed by atoms with Crippen molar-refractivity contribution in [3.63, 3.8) is 0 Å². The molecule has 126 valence electrons. The van der Waals surface area contributed by atoms with Crippen molar-refractivity contribution in [2.24, 2.45) is 0 Å². The van der Waals surface area contributed by atoms with Crippen LogP contribution in [0, 0.1) is 6.92 Å². The lowest BCUT2D eigenvalue weighted by molar-refractivity contribution is -0.134. The number of hydrogen-bond acceptors (Lipinski definition) is 4. The summed E-state index contributed by atoms with van der Waals surface area (Å²) in [7, 11) is 2.86. The molecule has 0 radical (unpaired) electrons. The second kappa shape index (κ2) is 8.41. The van der Waals surface area contributed by atoms with Crippen molar-refractivity contribution in [3.8, 4) is 11.5 Å². The van der Waals surface area contributed by atoms with Crippen LogP contribution in [-0.2, 0) is 16.1 Å². The molecule has 0 atom stereocenters. The summed E-state index contributed by atoms with van der Waals surface area (Å²) in [4.78, 5) is 11.2. The van der Waals surface area contributed by atoms with Crippen LogP contribution in [-0.4, -0.2) is 20.2 Å². The Morgan fingerprint density at radius 2 is 1.96 bits per heavy atom. The molecule has 4 nitrogen and oxygen atoms in total. The van der Waals surface area contributed by atoms with Gasteiger partial charge in [-0.05, 0) is 41.8 Å². The molecule has 0 aliphatic rings. The van der Waals surface area contributed by atoms with E-state index in [1.54, 1.807) is 25.3 Å². The first-order chi connectivity index (χ1) is 11.5. The van der Waals surface area contributed by atoms with E-state index in [2.05, 4.69) is 4.74 Å². The Morgan fingerprint density at radius 1 is 1.21 bits per heavy atom. The molecule has 0 aliphatic carbocycles. The largest absolute Gasteiger partial charge is 0.493 e. The van der Waals surface area contributed by atoms with Crippen LogP contribution in [0.1, 0.15) is 16.7 Å². The zero-order chi connectivity index (χ0) is 17.5. The standard InChI is InChI=1S/C19H19ClO4/c1-13-6-4-5-7-15(13)12-24-19-16(20)10-14(11-17(19)22-2)8-9-18(21)23-3/h4-11H,12H2,1-3H3/b9-8+. The van der Waals surface area contributed by atoms with E-state index in [1.165, 1.54) is 13.2 Å². The third-order valence-corrected chi connectivity index (χ3v) is 3.78. The SMILES string of the molecule is COC(=O)/C=C/c1cc(Cl)c(OCc2ccccc2C)c(OC)c1. The van der Waals surface area contributed by atoms with E-state index in [1.807, 2.05) is 31.2 Å². The first-order valence-corrected chi connectivity index (χ1v) is 7.73. The molecule has 0 fully saturated rings.